The molecule has 0 bridgehead atoms. The molecule has 1 aliphatic heterocycles. The lowest BCUT2D eigenvalue weighted by molar-refractivity contribution is -0.122. The van der Waals surface area contributed by atoms with Crippen molar-refractivity contribution in [2.45, 2.75) is 12.8 Å². The Morgan fingerprint density at radius 1 is 1.29 bits per heavy atom. The Bertz CT molecular complexity index is 673. The molecular formula is C16H14Cl2N2O. The maximum absolute atomic E-state index is 11.7. The Balaban J connectivity index is 1.98. The molecule has 1 unspecified atom stereocenters. The van der Waals surface area contributed by atoms with E-state index in [0.717, 1.165) is 29.7 Å². The number of carbonyl (C=O) groups is 1. The molecule has 2 aromatic rings. The number of benzene rings is 1. The maximum Gasteiger partial charge on any atom is 0.223 e. The van der Waals surface area contributed by atoms with Crippen molar-refractivity contribution in [3.63, 3.8) is 0 Å². The molecule has 1 N–H and O–H groups in total. The highest BCUT2D eigenvalue weighted by atomic mass is 35.5. The van der Waals surface area contributed by atoms with Crippen molar-refractivity contribution >= 4 is 29.1 Å². The number of nitrogens with one attached hydrogen (secondary N) is 1. The summed E-state index contributed by atoms with van der Waals surface area (Å²) in [6.07, 6.45) is 4.92. The van der Waals surface area contributed by atoms with E-state index in [1.54, 1.807) is 12.4 Å². The van der Waals surface area contributed by atoms with Crippen LogP contribution in [0.1, 0.15) is 12.0 Å². The van der Waals surface area contributed by atoms with Gasteiger partial charge < -0.3 is 5.32 Å². The fourth-order valence-corrected chi connectivity index (χ4v) is 3.30. The molecule has 0 aliphatic carbocycles. The average molecular weight is 321 g/mol. The van der Waals surface area contributed by atoms with Gasteiger partial charge in [0.15, 0.2) is 0 Å². The van der Waals surface area contributed by atoms with Gasteiger partial charge >= 0.3 is 0 Å². The standard InChI is InChI=1S/C16H14Cl2N2O/c17-13-4-3-10(8-11-5-7-20-16(11)21)15(18)14(13)12-2-1-6-19-9-12/h1-4,6,9,11H,5,7-8H2,(H,20,21). The highest BCUT2D eigenvalue weighted by Gasteiger charge is 2.25. The summed E-state index contributed by atoms with van der Waals surface area (Å²) in [5, 5.41) is 4.05. The molecule has 108 valence electrons. The molecule has 1 aromatic carbocycles. The van der Waals surface area contributed by atoms with Gasteiger partial charge in [-0.3, -0.25) is 9.78 Å². The smallest absolute Gasteiger partial charge is 0.223 e. The predicted octanol–water partition coefficient (Wildman–Crippen LogP) is 3.73. The van der Waals surface area contributed by atoms with Gasteiger partial charge in [-0.25, -0.2) is 0 Å². The molecule has 3 rings (SSSR count). The summed E-state index contributed by atoms with van der Waals surface area (Å²) in [7, 11) is 0. The minimum absolute atomic E-state index is 0.00887. The van der Waals surface area contributed by atoms with E-state index in [2.05, 4.69) is 10.3 Å². The molecule has 1 saturated heterocycles. The summed E-state index contributed by atoms with van der Waals surface area (Å²) in [5.41, 5.74) is 2.61. The quantitative estimate of drug-likeness (QED) is 0.936. The SMILES string of the molecule is O=C1NCCC1Cc1ccc(Cl)c(-c2cccnc2)c1Cl. The summed E-state index contributed by atoms with van der Waals surface area (Å²) >= 11 is 12.8. The predicted molar refractivity (Wildman–Crippen MR) is 84.5 cm³/mol. The van der Waals surface area contributed by atoms with E-state index in [1.165, 1.54) is 0 Å². The molecule has 5 heteroatoms. The van der Waals surface area contributed by atoms with Crippen LogP contribution < -0.4 is 5.32 Å². The number of hydrogen-bond donors (Lipinski definition) is 1. The van der Waals surface area contributed by atoms with E-state index in [-0.39, 0.29) is 11.8 Å². The molecule has 3 nitrogen and oxygen atoms in total. The van der Waals surface area contributed by atoms with E-state index in [0.29, 0.717) is 16.5 Å². The molecule has 1 aliphatic rings. The molecule has 1 fully saturated rings. The van der Waals surface area contributed by atoms with Crippen molar-refractivity contribution < 1.29 is 4.79 Å². The molecule has 2 heterocycles. The third kappa shape index (κ3) is 2.89. The van der Waals surface area contributed by atoms with E-state index in [1.807, 2.05) is 24.3 Å². The van der Waals surface area contributed by atoms with Gasteiger partial charge in [0, 0.05) is 41.0 Å². The van der Waals surface area contributed by atoms with Crippen LogP contribution in [-0.2, 0) is 11.2 Å². The third-order valence-corrected chi connectivity index (χ3v) is 4.50. The number of aromatic nitrogens is 1. The number of hydrogen-bond acceptors (Lipinski definition) is 2. The average Bonchev–Trinajstić information content (AvgIpc) is 2.89. The first kappa shape index (κ1) is 14.4. The molecule has 0 spiro atoms. The molecule has 0 saturated carbocycles. The van der Waals surface area contributed by atoms with Crippen LogP contribution >= 0.6 is 23.2 Å². The Morgan fingerprint density at radius 3 is 2.81 bits per heavy atom. The van der Waals surface area contributed by atoms with Gasteiger partial charge in [-0.2, -0.15) is 0 Å². The number of halogens is 2. The Hall–Kier alpha value is -1.58. The van der Waals surface area contributed by atoms with Crippen molar-refractivity contribution in [1.29, 1.82) is 0 Å². The van der Waals surface area contributed by atoms with Gasteiger partial charge in [-0.1, -0.05) is 35.3 Å². The van der Waals surface area contributed by atoms with E-state index in [4.69, 9.17) is 23.2 Å². The first-order valence-corrected chi connectivity index (χ1v) is 7.57. The van der Waals surface area contributed by atoms with Crippen LogP contribution in [0.15, 0.2) is 36.7 Å². The molecule has 1 aromatic heterocycles. The lowest BCUT2D eigenvalue weighted by Crippen LogP contribution is -2.20. The minimum Gasteiger partial charge on any atom is -0.356 e. The summed E-state index contributed by atoms with van der Waals surface area (Å²) in [6, 6.07) is 7.50. The number of nitrogens with zero attached hydrogens (tertiary/aromatic N) is 1. The first-order chi connectivity index (χ1) is 10.2. The van der Waals surface area contributed by atoms with Crippen LogP contribution in [0.5, 0.6) is 0 Å². The molecule has 0 radical (unpaired) electrons. The molecule has 1 amide bonds. The second kappa shape index (κ2) is 6.04. The monoisotopic (exact) mass is 320 g/mol. The van der Waals surface area contributed by atoms with Crippen LogP contribution in [0.3, 0.4) is 0 Å². The molecule has 1 atom stereocenters. The van der Waals surface area contributed by atoms with E-state index < -0.39 is 0 Å². The van der Waals surface area contributed by atoms with Gasteiger partial charge in [-0.05, 0) is 30.5 Å². The van der Waals surface area contributed by atoms with E-state index >= 15 is 0 Å². The zero-order valence-electron chi connectivity index (χ0n) is 11.3. The zero-order valence-corrected chi connectivity index (χ0v) is 12.8. The minimum atomic E-state index is -0.00887. The molecule has 21 heavy (non-hydrogen) atoms. The number of carbonyl (C=O) groups excluding carboxylic acids is 1. The second-order valence-electron chi connectivity index (χ2n) is 5.12. The Morgan fingerprint density at radius 2 is 2.14 bits per heavy atom. The lowest BCUT2D eigenvalue weighted by Gasteiger charge is -2.13. The van der Waals surface area contributed by atoms with Gasteiger partial charge in [-0.15, -0.1) is 0 Å². The largest absolute Gasteiger partial charge is 0.356 e. The van der Waals surface area contributed by atoms with Crippen LogP contribution in [0.2, 0.25) is 10.0 Å². The molecular weight excluding hydrogens is 307 g/mol. The third-order valence-electron chi connectivity index (χ3n) is 3.75. The first-order valence-electron chi connectivity index (χ1n) is 6.82. The van der Waals surface area contributed by atoms with Crippen LogP contribution in [0.25, 0.3) is 11.1 Å². The zero-order chi connectivity index (χ0) is 14.8. The van der Waals surface area contributed by atoms with Gasteiger partial charge in [0.1, 0.15) is 0 Å². The Labute approximate surface area is 133 Å². The second-order valence-corrected chi connectivity index (χ2v) is 5.90. The highest BCUT2D eigenvalue weighted by molar-refractivity contribution is 6.39. The van der Waals surface area contributed by atoms with Gasteiger partial charge in [0.2, 0.25) is 5.91 Å². The summed E-state index contributed by atoms with van der Waals surface area (Å²) < 4.78 is 0. The topological polar surface area (TPSA) is 42.0 Å². The van der Waals surface area contributed by atoms with Crippen molar-refractivity contribution in [3.8, 4) is 11.1 Å². The van der Waals surface area contributed by atoms with Crippen molar-refractivity contribution in [3.05, 3.63) is 52.3 Å². The van der Waals surface area contributed by atoms with Gasteiger partial charge in [0.05, 0.1) is 5.02 Å². The van der Waals surface area contributed by atoms with Crippen LogP contribution in [-0.4, -0.2) is 17.4 Å². The highest BCUT2D eigenvalue weighted by Crippen LogP contribution is 2.37. The number of pyridine rings is 1. The van der Waals surface area contributed by atoms with Crippen molar-refractivity contribution in [2.24, 2.45) is 5.92 Å². The maximum atomic E-state index is 11.7. The van der Waals surface area contributed by atoms with Crippen molar-refractivity contribution in [1.82, 2.24) is 10.3 Å². The summed E-state index contributed by atoms with van der Waals surface area (Å²) in [5.74, 6) is 0.0920. The number of rotatable bonds is 3. The van der Waals surface area contributed by atoms with Gasteiger partial charge in [0.25, 0.3) is 0 Å². The van der Waals surface area contributed by atoms with Crippen molar-refractivity contribution in [2.75, 3.05) is 6.54 Å². The summed E-state index contributed by atoms with van der Waals surface area (Å²) in [6.45, 7) is 0.740. The van der Waals surface area contributed by atoms with Crippen LogP contribution in [0, 0.1) is 5.92 Å². The lowest BCUT2D eigenvalue weighted by atomic mass is 9.95. The number of amides is 1. The fraction of sp³-hybridized carbons (Fsp3) is 0.250. The normalized spacial score (nSPS) is 17.8. The summed E-state index contributed by atoms with van der Waals surface area (Å²) in [4.78, 5) is 15.8. The van der Waals surface area contributed by atoms with Crippen LogP contribution in [0.4, 0.5) is 0 Å². The van der Waals surface area contributed by atoms with E-state index in [9.17, 15) is 4.79 Å². The Kier molecular flexibility index (Phi) is 4.13. The fourth-order valence-electron chi connectivity index (χ4n) is 2.63.